The third-order valence-electron chi connectivity index (χ3n) is 1.52. The first-order valence-corrected chi connectivity index (χ1v) is 2.87. The molecule has 48 valence electrons. The van der Waals surface area contributed by atoms with Gasteiger partial charge in [0.25, 0.3) is 0 Å². The van der Waals surface area contributed by atoms with Gasteiger partial charge in [-0.1, -0.05) is 0 Å². The minimum Gasteiger partial charge on any atom is -0.368 e. The molecule has 0 radical (unpaired) electrons. The molecule has 0 amide bonds. The maximum absolute atomic E-state index is 8.57. The van der Waals surface area contributed by atoms with Crippen molar-refractivity contribution in [1.82, 2.24) is 5.32 Å². The molecule has 1 rings (SSSR count). The Morgan fingerprint density at radius 2 is 2.25 bits per heavy atom. The first-order chi connectivity index (χ1) is 3.80. The third kappa shape index (κ3) is 1.18. The highest BCUT2D eigenvalue weighted by Gasteiger charge is 2.19. The van der Waals surface area contributed by atoms with Crippen LogP contribution in [-0.4, -0.2) is 29.6 Å². The lowest BCUT2D eigenvalue weighted by Crippen LogP contribution is -2.21. The smallest absolute Gasteiger partial charge is 0.155 e. The maximum atomic E-state index is 8.57. The van der Waals surface area contributed by atoms with Gasteiger partial charge in [-0.3, -0.25) is 0 Å². The van der Waals surface area contributed by atoms with E-state index < -0.39 is 6.29 Å². The Morgan fingerprint density at radius 3 is 2.50 bits per heavy atom. The van der Waals surface area contributed by atoms with E-state index in [1.165, 1.54) is 0 Å². The fourth-order valence-corrected chi connectivity index (χ4v) is 0.931. The van der Waals surface area contributed by atoms with E-state index in [0.29, 0.717) is 0 Å². The molecule has 1 atom stereocenters. The van der Waals surface area contributed by atoms with Crippen molar-refractivity contribution in [3.8, 4) is 0 Å². The van der Waals surface area contributed by atoms with Crippen LogP contribution in [0.15, 0.2) is 0 Å². The van der Waals surface area contributed by atoms with E-state index in [-0.39, 0.29) is 5.92 Å². The van der Waals surface area contributed by atoms with Gasteiger partial charge in [0.2, 0.25) is 0 Å². The van der Waals surface area contributed by atoms with Crippen LogP contribution in [0.25, 0.3) is 0 Å². The minimum atomic E-state index is -1.12. The molecule has 8 heavy (non-hydrogen) atoms. The zero-order chi connectivity index (χ0) is 5.98. The van der Waals surface area contributed by atoms with Gasteiger partial charge in [-0.25, -0.2) is 0 Å². The van der Waals surface area contributed by atoms with E-state index in [2.05, 4.69) is 5.32 Å². The standard InChI is InChI=1S/C5H11NO2/c7-5(8)4-1-2-6-3-4/h4-8H,1-3H2. The molecule has 0 saturated carbocycles. The molecular formula is C5H11NO2. The van der Waals surface area contributed by atoms with Crippen molar-refractivity contribution in [2.45, 2.75) is 12.7 Å². The first kappa shape index (κ1) is 6.01. The lowest BCUT2D eigenvalue weighted by Gasteiger charge is -2.08. The molecular weight excluding hydrogens is 106 g/mol. The molecule has 0 aromatic heterocycles. The second kappa shape index (κ2) is 2.44. The van der Waals surface area contributed by atoms with Gasteiger partial charge < -0.3 is 15.5 Å². The van der Waals surface area contributed by atoms with Crippen LogP contribution in [0.5, 0.6) is 0 Å². The SMILES string of the molecule is OC(O)C1CCNC1. The lowest BCUT2D eigenvalue weighted by atomic mass is 10.1. The molecule has 0 spiro atoms. The summed E-state index contributed by atoms with van der Waals surface area (Å²) in [6.45, 7) is 1.67. The molecule has 1 aliphatic rings. The third-order valence-corrected chi connectivity index (χ3v) is 1.52. The van der Waals surface area contributed by atoms with Crippen molar-refractivity contribution in [3.05, 3.63) is 0 Å². The maximum Gasteiger partial charge on any atom is 0.155 e. The van der Waals surface area contributed by atoms with E-state index in [1.807, 2.05) is 0 Å². The fraction of sp³-hybridized carbons (Fsp3) is 1.00. The molecule has 1 saturated heterocycles. The van der Waals surface area contributed by atoms with Gasteiger partial charge in [-0.15, -0.1) is 0 Å². The molecule has 0 aromatic carbocycles. The predicted molar refractivity (Wildman–Crippen MR) is 29.2 cm³/mol. The number of aliphatic hydroxyl groups is 2. The highest BCUT2D eigenvalue weighted by atomic mass is 16.5. The second-order valence-corrected chi connectivity index (χ2v) is 2.17. The van der Waals surface area contributed by atoms with Crippen LogP contribution in [0.3, 0.4) is 0 Å². The Bertz CT molecular complexity index is 68.8. The van der Waals surface area contributed by atoms with Crippen molar-refractivity contribution in [2.75, 3.05) is 13.1 Å². The topological polar surface area (TPSA) is 52.5 Å². The number of aliphatic hydroxyl groups excluding tert-OH is 1. The van der Waals surface area contributed by atoms with E-state index in [4.69, 9.17) is 10.2 Å². The molecule has 0 bridgehead atoms. The zero-order valence-corrected chi connectivity index (χ0v) is 4.67. The highest BCUT2D eigenvalue weighted by molar-refractivity contribution is 4.71. The van der Waals surface area contributed by atoms with Crippen LogP contribution in [-0.2, 0) is 0 Å². The summed E-state index contributed by atoms with van der Waals surface area (Å²) in [5.74, 6) is 0.0648. The Balaban J connectivity index is 2.24. The monoisotopic (exact) mass is 117 g/mol. The molecule has 3 nitrogen and oxygen atoms in total. The first-order valence-electron chi connectivity index (χ1n) is 2.87. The van der Waals surface area contributed by atoms with Gasteiger partial charge in [0.1, 0.15) is 0 Å². The quantitative estimate of drug-likeness (QED) is 0.382. The summed E-state index contributed by atoms with van der Waals surface area (Å²) in [7, 11) is 0. The average molecular weight is 117 g/mol. The van der Waals surface area contributed by atoms with Crippen molar-refractivity contribution in [1.29, 1.82) is 0 Å². The summed E-state index contributed by atoms with van der Waals surface area (Å²) >= 11 is 0. The summed E-state index contributed by atoms with van der Waals surface area (Å²) in [5.41, 5.74) is 0. The van der Waals surface area contributed by atoms with Gasteiger partial charge >= 0.3 is 0 Å². The average Bonchev–Trinajstić information content (AvgIpc) is 2.12. The van der Waals surface area contributed by atoms with Crippen molar-refractivity contribution < 1.29 is 10.2 Å². The number of hydrogen-bond acceptors (Lipinski definition) is 3. The summed E-state index contributed by atoms with van der Waals surface area (Å²) in [6, 6.07) is 0. The molecule has 0 aliphatic carbocycles. The summed E-state index contributed by atoms with van der Waals surface area (Å²) in [4.78, 5) is 0. The van der Waals surface area contributed by atoms with Gasteiger partial charge in [0, 0.05) is 12.5 Å². The summed E-state index contributed by atoms with van der Waals surface area (Å²) in [6.07, 6.45) is -0.234. The Kier molecular flexibility index (Phi) is 1.83. The fourth-order valence-electron chi connectivity index (χ4n) is 0.931. The van der Waals surface area contributed by atoms with E-state index in [9.17, 15) is 0 Å². The predicted octanol–water partition coefficient (Wildman–Crippen LogP) is -1.09. The van der Waals surface area contributed by atoms with Crippen LogP contribution < -0.4 is 5.32 Å². The Labute approximate surface area is 48.3 Å². The summed E-state index contributed by atoms with van der Waals surface area (Å²) in [5, 5.41) is 20.2. The van der Waals surface area contributed by atoms with Crippen LogP contribution in [0.2, 0.25) is 0 Å². The van der Waals surface area contributed by atoms with E-state index in [1.54, 1.807) is 0 Å². The normalized spacial score (nSPS) is 29.6. The molecule has 3 heteroatoms. The Morgan fingerprint density at radius 1 is 1.50 bits per heavy atom. The van der Waals surface area contributed by atoms with Crippen LogP contribution in [0, 0.1) is 5.92 Å². The summed E-state index contributed by atoms with van der Waals surface area (Å²) < 4.78 is 0. The molecule has 1 unspecified atom stereocenters. The number of rotatable bonds is 1. The van der Waals surface area contributed by atoms with Crippen molar-refractivity contribution in [2.24, 2.45) is 5.92 Å². The number of hydrogen-bond donors (Lipinski definition) is 3. The molecule has 0 aromatic rings. The second-order valence-electron chi connectivity index (χ2n) is 2.17. The van der Waals surface area contributed by atoms with Gasteiger partial charge in [-0.05, 0) is 13.0 Å². The van der Waals surface area contributed by atoms with Crippen LogP contribution in [0.4, 0.5) is 0 Å². The van der Waals surface area contributed by atoms with Crippen molar-refractivity contribution in [3.63, 3.8) is 0 Å². The van der Waals surface area contributed by atoms with Gasteiger partial charge in [-0.2, -0.15) is 0 Å². The van der Waals surface area contributed by atoms with E-state index in [0.717, 1.165) is 19.5 Å². The minimum absolute atomic E-state index is 0.0648. The largest absolute Gasteiger partial charge is 0.368 e. The highest BCUT2D eigenvalue weighted by Crippen LogP contribution is 2.09. The lowest BCUT2D eigenvalue weighted by molar-refractivity contribution is -0.0776. The van der Waals surface area contributed by atoms with Crippen LogP contribution >= 0.6 is 0 Å². The van der Waals surface area contributed by atoms with Crippen LogP contribution in [0.1, 0.15) is 6.42 Å². The number of nitrogens with one attached hydrogen (secondary N) is 1. The van der Waals surface area contributed by atoms with Gasteiger partial charge in [0.15, 0.2) is 6.29 Å². The van der Waals surface area contributed by atoms with E-state index >= 15 is 0 Å². The van der Waals surface area contributed by atoms with Gasteiger partial charge in [0.05, 0.1) is 0 Å². The zero-order valence-electron chi connectivity index (χ0n) is 4.67. The molecule has 3 N–H and O–H groups in total. The molecule has 1 aliphatic heterocycles. The molecule has 1 fully saturated rings. The van der Waals surface area contributed by atoms with Crippen molar-refractivity contribution >= 4 is 0 Å². The molecule has 1 heterocycles. The Hall–Kier alpha value is -0.120.